The fourth-order valence-corrected chi connectivity index (χ4v) is 3.92. The summed E-state index contributed by atoms with van der Waals surface area (Å²) >= 11 is 1.78. The molecule has 1 aromatic rings. The summed E-state index contributed by atoms with van der Waals surface area (Å²) in [5, 5.41) is 7.12. The van der Waals surface area contributed by atoms with Gasteiger partial charge in [0, 0.05) is 36.8 Å². The summed E-state index contributed by atoms with van der Waals surface area (Å²) < 4.78 is 0. The van der Waals surface area contributed by atoms with E-state index in [1.807, 2.05) is 6.20 Å². The van der Waals surface area contributed by atoms with Crippen molar-refractivity contribution in [2.75, 3.05) is 19.6 Å². The van der Waals surface area contributed by atoms with Crippen molar-refractivity contribution in [3.63, 3.8) is 0 Å². The molecule has 2 heterocycles. The number of thiazole rings is 1. The fourth-order valence-electron chi connectivity index (χ4n) is 3.26. The van der Waals surface area contributed by atoms with Gasteiger partial charge in [-0.1, -0.05) is 19.3 Å². The van der Waals surface area contributed by atoms with Gasteiger partial charge in [0.1, 0.15) is 5.01 Å². The first kappa shape index (κ1) is 11.6. The van der Waals surface area contributed by atoms with E-state index in [-0.39, 0.29) is 0 Å². The zero-order valence-corrected chi connectivity index (χ0v) is 11.1. The highest BCUT2D eigenvalue weighted by molar-refractivity contribution is 7.09. The Morgan fingerprint density at radius 2 is 2.24 bits per heavy atom. The van der Waals surface area contributed by atoms with Crippen LogP contribution in [0.5, 0.6) is 0 Å². The van der Waals surface area contributed by atoms with Crippen LogP contribution in [0.25, 0.3) is 0 Å². The average Bonchev–Trinajstić information content (AvgIpc) is 2.83. The van der Waals surface area contributed by atoms with Crippen molar-refractivity contribution in [1.29, 1.82) is 0 Å². The largest absolute Gasteiger partial charge is 0.309 e. The first-order valence-electron chi connectivity index (χ1n) is 6.72. The lowest BCUT2D eigenvalue weighted by atomic mass is 9.80. The van der Waals surface area contributed by atoms with Gasteiger partial charge in [-0.15, -0.1) is 11.3 Å². The van der Waals surface area contributed by atoms with Crippen LogP contribution in [-0.4, -0.2) is 35.1 Å². The molecule has 1 aromatic heterocycles. The maximum atomic E-state index is 4.40. The van der Waals surface area contributed by atoms with E-state index in [9.17, 15) is 0 Å². The monoisotopic (exact) mass is 251 g/mol. The van der Waals surface area contributed by atoms with Gasteiger partial charge in [-0.05, 0) is 12.8 Å². The molecular formula is C13H21N3S. The van der Waals surface area contributed by atoms with Gasteiger partial charge < -0.3 is 5.32 Å². The van der Waals surface area contributed by atoms with E-state index >= 15 is 0 Å². The highest BCUT2D eigenvalue weighted by Gasteiger charge is 2.35. The van der Waals surface area contributed by atoms with Gasteiger partial charge >= 0.3 is 0 Å². The minimum atomic E-state index is 0.424. The zero-order chi connectivity index (χ0) is 11.6. The Morgan fingerprint density at radius 3 is 3.00 bits per heavy atom. The van der Waals surface area contributed by atoms with Crippen molar-refractivity contribution in [1.82, 2.24) is 15.2 Å². The second-order valence-electron chi connectivity index (χ2n) is 5.40. The third-order valence-electron chi connectivity index (χ3n) is 4.11. The number of hydrogen-bond donors (Lipinski definition) is 1. The van der Waals surface area contributed by atoms with Crippen molar-refractivity contribution in [2.24, 2.45) is 0 Å². The summed E-state index contributed by atoms with van der Waals surface area (Å²) in [6, 6.07) is 0. The van der Waals surface area contributed by atoms with Crippen molar-refractivity contribution < 1.29 is 0 Å². The quantitative estimate of drug-likeness (QED) is 0.874. The van der Waals surface area contributed by atoms with Crippen LogP contribution in [0.3, 0.4) is 0 Å². The molecule has 0 aromatic carbocycles. The van der Waals surface area contributed by atoms with Crippen molar-refractivity contribution >= 4 is 11.3 Å². The van der Waals surface area contributed by atoms with Crippen LogP contribution in [-0.2, 0) is 6.54 Å². The molecule has 0 unspecified atom stereocenters. The molecule has 1 spiro atoms. The number of rotatable bonds is 2. The summed E-state index contributed by atoms with van der Waals surface area (Å²) in [5.74, 6) is 0. The summed E-state index contributed by atoms with van der Waals surface area (Å²) in [5.41, 5.74) is 0.424. The normalized spacial score (nSPS) is 25.2. The highest BCUT2D eigenvalue weighted by Crippen LogP contribution is 2.31. The highest BCUT2D eigenvalue weighted by atomic mass is 32.1. The molecular weight excluding hydrogens is 230 g/mol. The number of nitrogens with one attached hydrogen (secondary N) is 1. The number of nitrogens with zero attached hydrogens (tertiary/aromatic N) is 2. The lowest BCUT2D eigenvalue weighted by molar-refractivity contribution is 0.0944. The van der Waals surface area contributed by atoms with Gasteiger partial charge in [0.2, 0.25) is 0 Å². The van der Waals surface area contributed by atoms with E-state index in [2.05, 4.69) is 20.6 Å². The second kappa shape index (κ2) is 5.04. The number of aromatic nitrogens is 1. The van der Waals surface area contributed by atoms with E-state index in [1.54, 1.807) is 11.3 Å². The minimum absolute atomic E-state index is 0.424. The van der Waals surface area contributed by atoms with Gasteiger partial charge in [0.05, 0.1) is 6.54 Å². The molecule has 3 nitrogen and oxygen atoms in total. The molecule has 0 bridgehead atoms. The molecule has 1 N–H and O–H groups in total. The summed E-state index contributed by atoms with van der Waals surface area (Å²) in [6.07, 6.45) is 8.87. The Morgan fingerprint density at radius 1 is 1.35 bits per heavy atom. The van der Waals surface area contributed by atoms with Gasteiger partial charge in [-0.2, -0.15) is 0 Å². The molecule has 1 aliphatic heterocycles. The maximum absolute atomic E-state index is 4.40. The van der Waals surface area contributed by atoms with Crippen molar-refractivity contribution in [2.45, 2.75) is 44.2 Å². The van der Waals surface area contributed by atoms with Gasteiger partial charge in [0.15, 0.2) is 0 Å². The zero-order valence-electron chi connectivity index (χ0n) is 10.3. The van der Waals surface area contributed by atoms with E-state index < -0.39 is 0 Å². The maximum Gasteiger partial charge on any atom is 0.107 e. The predicted molar refractivity (Wildman–Crippen MR) is 71.2 cm³/mol. The molecule has 3 rings (SSSR count). The Bertz CT molecular complexity index is 338. The van der Waals surface area contributed by atoms with E-state index in [0.29, 0.717) is 5.54 Å². The second-order valence-corrected chi connectivity index (χ2v) is 6.38. The first-order chi connectivity index (χ1) is 8.36. The van der Waals surface area contributed by atoms with Gasteiger partial charge in [0.25, 0.3) is 0 Å². The summed E-state index contributed by atoms with van der Waals surface area (Å²) in [4.78, 5) is 6.98. The smallest absolute Gasteiger partial charge is 0.107 e. The van der Waals surface area contributed by atoms with Crippen LogP contribution in [0.4, 0.5) is 0 Å². The summed E-state index contributed by atoms with van der Waals surface area (Å²) in [6.45, 7) is 4.57. The molecule has 0 radical (unpaired) electrons. The predicted octanol–water partition coefficient (Wildman–Crippen LogP) is 2.25. The van der Waals surface area contributed by atoms with Crippen LogP contribution < -0.4 is 5.32 Å². The first-order valence-corrected chi connectivity index (χ1v) is 7.60. The lowest BCUT2D eigenvalue weighted by Crippen LogP contribution is -2.60. The average molecular weight is 251 g/mol. The lowest BCUT2D eigenvalue weighted by Gasteiger charge is -2.46. The summed E-state index contributed by atoms with van der Waals surface area (Å²) in [7, 11) is 0. The standard InChI is InChI=1S/C13H21N3S/c1-2-4-13(5-3-1)11-16(8-6-15-13)10-12-14-7-9-17-12/h7,9,15H,1-6,8,10-11H2. The van der Waals surface area contributed by atoms with E-state index in [4.69, 9.17) is 0 Å². The molecule has 2 aliphatic rings. The Hall–Kier alpha value is -0.450. The molecule has 1 saturated carbocycles. The third-order valence-corrected chi connectivity index (χ3v) is 4.87. The molecule has 4 heteroatoms. The molecule has 2 fully saturated rings. The topological polar surface area (TPSA) is 28.2 Å². The van der Waals surface area contributed by atoms with Gasteiger partial charge in [-0.3, -0.25) is 4.90 Å². The number of piperazine rings is 1. The molecule has 1 aliphatic carbocycles. The van der Waals surface area contributed by atoms with Crippen LogP contribution in [0, 0.1) is 0 Å². The Labute approximate surface area is 107 Å². The van der Waals surface area contributed by atoms with Crippen molar-refractivity contribution in [3.05, 3.63) is 16.6 Å². The molecule has 0 atom stereocenters. The van der Waals surface area contributed by atoms with Crippen LogP contribution in [0.1, 0.15) is 37.1 Å². The molecule has 0 amide bonds. The van der Waals surface area contributed by atoms with Crippen LogP contribution >= 0.6 is 11.3 Å². The van der Waals surface area contributed by atoms with Crippen LogP contribution in [0.2, 0.25) is 0 Å². The molecule has 1 saturated heterocycles. The van der Waals surface area contributed by atoms with Crippen LogP contribution in [0.15, 0.2) is 11.6 Å². The fraction of sp³-hybridized carbons (Fsp3) is 0.769. The van der Waals surface area contributed by atoms with Gasteiger partial charge in [-0.25, -0.2) is 4.98 Å². The molecule has 17 heavy (non-hydrogen) atoms. The third kappa shape index (κ3) is 2.69. The number of hydrogen-bond acceptors (Lipinski definition) is 4. The SMILES string of the molecule is c1csc(CN2CCNC3(CCCCC3)C2)n1. The van der Waals surface area contributed by atoms with E-state index in [1.165, 1.54) is 50.2 Å². The Balaban J connectivity index is 1.62. The molecule has 94 valence electrons. The van der Waals surface area contributed by atoms with Crippen molar-refractivity contribution in [3.8, 4) is 0 Å². The van der Waals surface area contributed by atoms with E-state index in [0.717, 1.165) is 13.1 Å². The minimum Gasteiger partial charge on any atom is -0.309 e. The Kier molecular flexibility index (Phi) is 3.45.